The Morgan fingerprint density at radius 1 is 1.18 bits per heavy atom. The first kappa shape index (κ1) is 18.1. The summed E-state index contributed by atoms with van der Waals surface area (Å²) in [6.07, 6.45) is 0. The van der Waals surface area contributed by atoms with Crippen LogP contribution in [0.5, 0.6) is 5.75 Å². The zero-order chi connectivity index (χ0) is 19.8. The quantitative estimate of drug-likeness (QED) is 0.535. The molecule has 2 heterocycles. The number of fused-ring (bicyclic) bond motifs is 3. The van der Waals surface area contributed by atoms with Gasteiger partial charge in [-0.25, -0.2) is 9.59 Å². The van der Waals surface area contributed by atoms with Gasteiger partial charge >= 0.3 is 11.6 Å². The maximum absolute atomic E-state index is 12.9. The summed E-state index contributed by atoms with van der Waals surface area (Å²) >= 11 is 6.40. The summed E-state index contributed by atoms with van der Waals surface area (Å²) in [5.74, 6) is -1.44. The van der Waals surface area contributed by atoms with Crippen molar-refractivity contribution in [1.82, 2.24) is 0 Å². The highest BCUT2D eigenvalue weighted by Gasteiger charge is 2.40. The van der Waals surface area contributed by atoms with E-state index in [1.54, 1.807) is 55.5 Å². The predicted molar refractivity (Wildman–Crippen MR) is 104 cm³/mol. The average Bonchev–Trinajstić information content (AvgIpc) is 2.67. The Bertz CT molecular complexity index is 1180. The molecule has 0 fully saturated rings. The molecule has 0 saturated heterocycles. The van der Waals surface area contributed by atoms with Gasteiger partial charge in [-0.3, -0.25) is 0 Å². The number of nitrogens with two attached hydrogens (primary N) is 1. The summed E-state index contributed by atoms with van der Waals surface area (Å²) < 4.78 is 16.4. The van der Waals surface area contributed by atoms with Crippen molar-refractivity contribution in [3.63, 3.8) is 0 Å². The highest BCUT2D eigenvalue weighted by atomic mass is 35.5. The maximum Gasteiger partial charge on any atom is 0.344 e. The SMILES string of the molecule is CCOC(=O)C1=C(N)Oc2c(c(=O)oc3ccccc23)[C@@H]1c1ccccc1Cl. The van der Waals surface area contributed by atoms with Crippen molar-refractivity contribution < 1.29 is 18.7 Å². The van der Waals surface area contributed by atoms with E-state index in [1.807, 2.05) is 0 Å². The van der Waals surface area contributed by atoms with Gasteiger partial charge < -0.3 is 19.6 Å². The molecule has 142 valence electrons. The first-order chi connectivity index (χ1) is 13.5. The van der Waals surface area contributed by atoms with Gasteiger partial charge in [0.2, 0.25) is 5.88 Å². The molecule has 3 aromatic rings. The van der Waals surface area contributed by atoms with E-state index in [1.165, 1.54) is 0 Å². The fourth-order valence-electron chi connectivity index (χ4n) is 3.39. The molecule has 0 saturated carbocycles. The smallest absolute Gasteiger partial charge is 0.344 e. The van der Waals surface area contributed by atoms with Crippen molar-refractivity contribution in [2.75, 3.05) is 6.61 Å². The molecule has 6 nitrogen and oxygen atoms in total. The molecular formula is C21H16ClNO5. The Morgan fingerprint density at radius 2 is 1.89 bits per heavy atom. The van der Waals surface area contributed by atoms with Gasteiger partial charge in [-0.05, 0) is 30.7 Å². The van der Waals surface area contributed by atoms with Crippen LogP contribution in [0.15, 0.2) is 69.2 Å². The number of hydrogen-bond donors (Lipinski definition) is 1. The van der Waals surface area contributed by atoms with Gasteiger partial charge in [-0.2, -0.15) is 0 Å². The molecule has 28 heavy (non-hydrogen) atoms. The van der Waals surface area contributed by atoms with Crippen LogP contribution in [-0.4, -0.2) is 12.6 Å². The zero-order valence-corrected chi connectivity index (χ0v) is 15.7. The molecule has 0 spiro atoms. The lowest BCUT2D eigenvalue weighted by Crippen LogP contribution is -2.31. The van der Waals surface area contributed by atoms with E-state index in [0.717, 1.165) is 0 Å². The van der Waals surface area contributed by atoms with Gasteiger partial charge in [0.1, 0.15) is 11.2 Å². The summed E-state index contributed by atoms with van der Waals surface area (Å²) in [6.45, 7) is 1.82. The number of benzene rings is 2. The monoisotopic (exact) mass is 397 g/mol. The van der Waals surface area contributed by atoms with Crippen molar-refractivity contribution in [2.24, 2.45) is 5.73 Å². The number of rotatable bonds is 3. The number of carbonyl (C=O) groups excluding carboxylic acids is 1. The highest BCUT2D eigenvalue weighted by Crippen LogP contribution is 2.45. The first-order valence-corrected chi connectivity index (χ1v) is 9.05. The molecule has 4 rings (SSSR count). The first-order valence-electron chi connectivity index (χ1n) is 8.67. The van der Waals surface area contributed by atoms with Gasteiger partial charge in [-0.15, -0.1) is 0 Å². The van der Waals surface area contributed by atoms with Gasteiger partial charge in [0.15, 0.2) is 5.75 Å². The molecular weight excluding hydrogens is 382 g/mol. The van der Waals surface area contributed by atoms with Crippen LogP contribution in [0.2, 0.25) is 5.02 Å². The van der Waals surface area contributed by atoms with E-state index >= 15 is 0 Å². The van der Waals surface area contributed by atoms with E-state index in [-0.39, 0.29) is 29.4 Å². The van der Waals surface area contributed by atoms with Crippen molar-refractivity contribution in [3.05, 3.63) is 86.6 Å². The van der Waals surface area contributed by atoms with Crippen LogP contribution >= 0.6 is 11.6 Å². The Kier molecular flexibility index (Phi) is 4.57. The van der Waals surface area contributed by atoms with Crippen LogP contribution in [0.3, 0.4) is 0 Å². The van der Waals surface area contributed by atoms with Crippen LogP contribution in [0.25, 0.3) is 11.0 Å². The third kappa shape index (κ3) is 2.82. The second-order valence-corrected chi connectivity index (χ2v) is 6.59. The summed E-state index contributed by atoms with van der Waals surface area (Å²) in [5.41, 5.74) is 6.56. The molecule has 7 heteroatoms. The second-order valence-electron chi connectivity index (χ2n) is 6.18. The van der Waals surface area contributed by atoms with E-state index in [0.29, 0.717) is 21.6 Å². The average molecular weight is 398 g/mol. The number of ether oxygens (including phenoxy) is 2. The number of halogens is 1. The normalized spacial score (nSPS) is 15.9. The number of para-hydroxylation sites is 1. The third-order valence-electron chi connectivity index (χ3n) is 4.57. The molecule has 2 N–H and O–H groups in total. The van der Waals surface area contributed by atoms with Gasteiger partial charge in [0.25, 0.3) is 0 Å². The van der Waals surface area contributed by atoms with Crippen LogP contribution < -0.4 is 16.1 Å². The van der Waals surface area contributed by atoms with Gasteiger partial charge in [0.05, 0.1) is 23.5 Å². The molecule has 0 amide bonds. The number of carbonyl (C=O) groups is 1. The fraction of sp³-hybridized carbons (Fsp3) is 0.143. The number of hydrogen-bond acceptors (Lipinski definition) is 6. The molecule has 1 aliphatic rings. The summed E-state index contributed by atoms with van der Waals surface area (Å²) in [4.78, 5) is 25.6. The molecule has 1 aromatic heterocycles. The lowest BCUT2D eigenvalue weighted by molar-refractivity contribution is -0.139. The molecule has 0 radical (unpaired) electrons. The maximum atomic E-state index is 12.9. The summed E-state index contributed by atoms with van der Waals surface area (Å²) in [5, 5.41) is 0.947. The molecule has 0 aliphatic carbocycles. The zero-order valence-electron chi connectivity index (χ0n) is 14.9. The van der Waals surface area contributed by atoms with Crippen LogP contribution in [0.1, 0.15) is 24.0 Å². The topological polar surface area (TPSA) is 91.8 Å². The van der Waals surface area contributed by atoms with Gasteiger partial charge in [0, 0.05) is 5.02 Å². The molecule has 0 bridgehead atoms. The summed E-state index contributed by atoms with van der Waals surface area (Å²) in [6, 6.07) is 13.9. The van der Waals surface area contributed by atoms with Crippen molar-refractivity contribution in [2.45, 2.75) is 12.8 Å². The van der Waals surface area contributed by atoms with Crippen LogP contribution in [0, 0.1) is 0 Å². The molecule has 2 aromatic carbocycles. The van der Waals surface area contributed by atoms with Crippen LogP contribution in [0.4, 0.5) is 0 Å². The van der Waals surface area contributed by atoms with Crippen LogP contribution in [-0.2, 0) is 9.53 Å². The Hall–Kier alpha value is -3.25. The minimum absolute atomic E-state index is 0.0185. The van der Waals surface area contributed by atoms with Crippen molar-refractivity contribution in [1.29, 1.82) is 0 Å². The third-order valence-corrected chi connectivity index (χ3v) is 4.91. The fourth-order valence-corrected chi connectivity index (χ4v) is 3.64. The lowest BCUT2D eigenvalue weighted by atomic mass is 9.83. The van der Waals surface area contributed by atoms with E-state index in [2.05, 4.69) is 0 Å². The Balaban J connectivity index is 2.07. The standard InChI is InChI=1S/C21H16ClNO5/c1-2-26-20(24)17-15(11-7-3-5-9-13(11)22)16-18(28-19(17)23)12-8-4-6-10-14(12)27-21(16)25/h3-10,15H,2,23H2,1H3/t15-/m0/s1. The minimum atomic E-state index is -0.877. The van der Waals surface area contributed by atoms with Crippen molar-refractivity contribution in [3.8, 4) is 5.75 Å². The largest absolute Gasteiger partial charge is 0.462 e. The second kappa shape index (κ2) is 7.05. The van der Waals surface area contributed by atoms with E-state index in [9.17, 15) is 9.59 Å². The molecule has 1 aliphatic heterocycles. The molecule has 1 atom stereocenters. The molecule has 0 unspecified atom stereocenters. The van der Waals surface area contributed by atoms with E-state index < -0.39 is 17.5 Å². The summed E-state index contributed by atoms with van der Waals surface area (Å²) in [7, 11) is 0. The van der Waals surface area contributed by atoms with Gasteiger partial charge in [-0.1, -0.05) is 41.9 Å². The number of esters is 1. The Labute approximate surface area is 165 Å². The Morgan fingerprint density at radius 3 is 2.64 bits per heavy atom. The van der Waals surface area contributed by atoms with Crippen molar-refractivity contribution >= 4 is 28.5 Å². The minimum Gasteiger partial charge on any atom is -0.462 e. The van der Waals surface area contributed by atoms with E-state index in [4.69, 9.17) is 31.2 Å². The predicted octanol–water partition coefficient (Wildman–Crippen LogP) is 3.70. The highest BCUT2D eigenvalue weighted by molar-refractivity contribution is 6.31. The lowest BCUT2D eigenvalue weighted by Gasteiger charge is -2.28.